The van der Waals surface area contributed by atoms with Crippen LogP contribution >= 0.6 is 0 Å². The molecule has 1 saturated heterocycles. The highest BCUT2D eigenvalue weighted by molar-refractivity contribution is 4.93. The minimum absolute atomic E-state index is 0.429. The van der Waals surface area contributed by atoms with Crippen LogP contribution in [0, 0.1) is 17.3 Å². The van der Waals surface area contributed by atoms with Crippen LogP contribution in [-0.4, -0.2) is 43.8 Å². The van der Waals surface area contributed by atoms with Gasteiger partial charge >= 0.3 is 0 Å². The zero-order chi connectivity index (χ0) is 14.0. The number of methoxy groups -OCH3 is 1. The zero-order valence-electron chi connectivity index (χ0n) is 13.2. The summed E-state index contributed by atoms with van der Waals surface area (Å²) in [6.45, 7) is 10.3. The molecule has 2 rings (SSSR count). The third-order valence-corrected chi connectivity index (χ3v) is 5.46. The Bertz CT molecular complexity index is 287. The third-order valence-electron chi connectivity index (χ3n) is 5.46. The first-order valence-electron chi connectivity index (χ1n) is 7.92. The average molecular weight is 268 g/mol. The molecule has 4 atom stereocenters. The molecule has 1 aliphatic carbocycles. The molecular weight excluding hydrogens is 236 g/mol. The van der Waals surface area contributed by atoms with Crippen molar-refractivity contribution in [1.82, 2.24) is 4.90 Å². The second kappa shape index (κ2) is 6.11. The molecule has 0 aromatic heterocycles. The highest BCUT2D eigenvalue weighted by Gasteiger charge is 2.39. The van der Waals surface area contributed by atoms with Gasteiger partial charge in [0.15, 0.2) is 0 Å². The Morgan fingerprint density at radius 1 is 1.21 bits per heavy atom. The Morgan fingerprint density at radius 2 is 1.95 bits per heavy atom. The van der Waals surface area contributed by atoms with Crippen LogP contribution in [0.5, 0.6) is 0 Å². The van der Waals surface area contributed by atoms with E-state index < -0.39 is 0 Å². The van der Waals surface area contributed by atoms with Crippen molar-refractivity contribution in [3.63, 3.8) is 0 Å². The van der Waals surface area contributed by atoms with Crippen LogP contribution in [0.1, 0.15) is 46.5 Å². The SMILES string of the molecule is COC1CCN(C2CC(C(C)(C)C)CCC2CN)C1. The molecule has 0 radical (unpaired) electrons. The number of nitrogens with zero attached hydrogens (tertiary/aromatic N) is 1. The topological polar surface area (TPSA) is 38.5 Å². The fourth-order valence-corrected chi connectivity index (χ4v) is 3.97. The van der Waals surface area contributed by atoms with E-state index in [2.05, 4.69) is 25.7 Å². The smallest absolute Gasteiger partial charge is 0.0710 e. The van der Waals surface area contributed by atoms with E-state index in [0.717, 1.165) is 19.0 Å². The van der Waals surface area contributed by atoms with Gasteiger partial charge in [0.1, 0.15) is 0 Å². The lowest BCUT2D eigenvalue weighted by Crippen LogP contribution is -2.48. The maximum atomic E-state index is 6.02. The van der Waals surface area contributed by atoms with E-state index in [9.17, 15) is 0 Å². The summed E-state index contributed by atoms with van der Waals surface area (Å²) in [4.78, 5) is 2.66. The first-order chi connectivity index (χ1) is 8.95. The van der Waals surface area contributed by atoms with Crippen molar-refractivity contribution >= 4 is 0 Å². The van der Waals surface area contributed by atoms with Gasteiger partial charge in [-0.25, -0.2) is 0 Å². The predicted molar refractivity (Wildman–Crippen MR) is 80.1 cm³/mol. The number of hydrogen-bond donors (Lipinski definition) is 1. The number of likely N-dealkylation sites (tertiary alicyclic amines) is 1. The van der Waals surface area contributed by atoms with E-state index in [4.69, 9.17) is 10.5 Å². The summed E-state index contributed by atoms with van der Waals surface area (Å²) in [5.74, 6) is 1.52. The van der Waals surface area contributed by atoms with E-state index in [1.54, 1.807) is 0 Å². The summed E-state index contributed by atoms with van der Waals surface area (Å²) in [5.41, 5.74) is 6.45. The first-order valence-corrected chi connectivity index (χ1v) is 7.92. The van der Waals surface area contributed by atoms with E-state index in [0.29, 0.717) is 23.5 Å². The summed E-state index contributed by atoms with van der Waals surface area (Å²) >= 11 is 0. The summed E-state index contributed by atoms with van der Waals surface area (Å²) in [6, 6.07) is 0.683. The molecule has 0 aromatic rings. The second-order valence-electron chi connectivity index (χ2n) is 7.58. The highest BCUT2D eigenvalue weighted by Crippen LogP contribution is 2.42. The van der Waals surface area contributed by atoms with Gasteiger partial charge in [-0.2, -0.15) is 0 Å². The Balaban J connectivity index is 2.02. The molecule has 2 aliphatic rings. The summed E-state index contributed by atoms with van der Waals surface area (Å²) in [6.07, 6.45) is 5.60. The van der Waals surface area contributed by atoms with Gasteiger partial charge in [-0.05, 0) is 49.5 Å². The van der Waals surface area contributed by atoms with Crippen LogP contribution in [0.4, 0.5) is 0 Å². The van der Waals surface area contributed by atoms with Gasteiger partial charge in [0, 0.05) is 26.2 Å². The molecule has 112 valence electrons. The molecule has 19 heavy (non-hydrogen) atoms. The second-order valence-corrected chi connectivity index (χ2v) is 7.58. The van der Waals surface area contributed by atoms with Crippen LogP contribution < -0.4 is 5.73 Å². The minimum atomic E-state index is 0.429. The number of rotatable bonds is 3. The van der Waals surface area contributed by atoms with Crippen molar-refractivity contribution in [2.24, 2.45) is 23.0 Å². The van der Waals surface area contributed by atoms with Crippen molar-refractivity contribution in [2.75, 3.05) is 26.7 Å². The van der Waals surface area contributed by atoms with Crippen molar-refractivity contribution in [2.45, 2.75) is 58.6 Å². The number of nitrogens with two attached hydrogens (primary N) is 1. The summed E-state index contributed by atoms with van der Waals surface area (Å²) < 4.78 is 5.52. The molecule has 1 aliphatic heterocycles. The molecule has 1 heterocycles. The third kappa shape index (κ3) is 3.50. The predicted octanol–water partition coefficient (Wildman–Crippen LogP) is 2.50. The molecule has 0 bridgehead atoms. The molecule has 3 nitrogen and oxygen atoms in total. The van der Waals surface area contributed by atoms with E-state index in [-0.39, 0.29) is 0 Å². The van der Waals surface area contributed by atoms with Crippen LogP contribution in [-0.2, 0) is 4.74 Å². The fourth-order valence-electron chi connectivity index (χ4n) is 3.97. The van der Waals surface area contributed by atoms with Gasteiger partial charge < -0.3 is 10.5 Å². The standard InChI is InChI=1S/C16H32N2O/c1-16(2,3)13-6-5-12(10-17)15(9-13)18-8-7-14(11-18)19-4/h12-15H,5-11,17H2,1-4H3. The molecule has 0 amide bonds. The van der Waals surface area contributed by atoms with Crippen molar-refractivity contribution in [3.05, 3.63) is 0 Å². The molecule has 4 unspecified atom stereocenters. The Hall–Kier alpha value is -0.120. The molecule has 2 fully saturated rings. The van der Waals surface area contributed by atoms with Crippen molar-refractivity contribution in [3.8, 4) is 0 Å². The fraction of sp³-hybridized carbons (Fsp3) is 1.00. The minimum Gasteiger partial charge on any atom is -0.380 e. The Labute approximate surface area is 118 Å². The molecule has 0 aromatic carbocycles. The molecule has 1 saturated carbocycles. The lowest BCUT2D eigenvalue weighted by molar-refractivity contribution is 0.0435. The van der Waals surface area contributed by atoms with Gasteiger partial charge in [-0.1, -0.05) is 20.8 Å². The van der Waals surface area contributed by atoms with Gasteiger partial charge in [-0.15, -0.1) is 0 Å². The number of hydrogen-bond acceptors (Lipinski definition) is 3. The van der Waals surface area contributed by atoms with Crippen LogP contribution in [0.25, 0.3) is 0 Å². The maximum absolute atomic E-state index is 6.02. The summed E-state index contributed by atoms with van der Waals surface area (Å²) in [5, 5.41) is 0. The Kier molecular flexibility index (Phi) is 4.91. The maximum Gasteiger partial charge on any atom is 0.0710 e. The van der Waals surface area contributed by atoms with Gasteiger partial charge in [0.25, 0.3) is 0 Å². The highest BCUT2D eigenvalue weighted by atomic mass is 16.5. The number of ether oxygens (including phenoxy) is 1. The lowest BCUT2D eigenvalue weighted by atomic mass is 9.67. The normalized spacial score (nSPS) is 37.7. The molecule has 3 heteroatoms. The average Bonchev–Trinajstić information content (AvgIpc) is 2.85. The zero-order valence-corrected chi connectivity index (χ0v) is 13.2. The van der Waals surface area contributed by atoms with Gasteiger partial charge in [0.05, 0.1) is 6.10 Å². The van der Waals surface area contributed by atoms with Crippen molar-refractivity contribution < 1.29 is 4.74 Å². The molecule has 0 spiro atoms. The van der Waals surface area contributed by atoms with Crippen LogP contribution in [0.3, 0.4) is 0 Å². The largest absolute Gasteiger partial charge is 0.380 e. The Morgan fingerprint density at radius 3 is 2.47 bits per heavy atom. The molecular formula is C16H32N2O. The van der Waals surface area contributed by atoms with Crippen LogP contribution in [0.2, 0.25) is 0 Å². The first kappa shape index (κ1) is 15.3. The lowest BCUT2D eigenvalue weighted by Gasteiger charge is -2.45. The molecule has 2 N–H and O–H groups in total. The van der Waals surface area contributed by atoms with Crippen LogP contribution in [0.15, 0.2) is 0 Å². The summed E-state index contributed by atoms with van der Waals surface area (Å²) in [7, 11) is 1.84. The van der Waals surface area contributed by atoms with E-state index >= 15 is 0 Å². The van der Waals surface area contributed by atoms with Gasteiger partial charge in [0.2, 0.25) is 0 Å². The monoisotopic (exact) mass is 268 g/mol. The van der Waals surface area contributed by atoms with Gasteiger partial charge in [-0.3, -0.25) is 4.90 Å². The van der Waals surface area contributed by atoms with E-state index in [1.165, 1.54) is 32.2 Å². The van der Waals surface area contributed by atoms with Crippen molar-refractivity contribution in [1.29, 1.82) is 0 Å². The van der Waals surface area contributed by atoms with E-state index in [1.807, 2.05) is 7.11 Å². The quantitative estimate of drug-likeness (QED) is 0.854.